The molecule has 1 aromatic heterocycles. The third-order valence-electron chi connectivity index (χ3n) is 4.13. The number of nitrogens with zero attached hydrogens (tertiary/aromatic N) is 2. The number of nitrogens with one attached hydrogen (secondary N) is 2. The Morgan fingerprint density at radius 3 is 2.60 bits per heavy atom. The van der Waals surface area contributed by atoms with Crippen molar-refractivity contribution >= 4 is 27.3 Å². The fraction of sp³-hybridized carbons (Fsp3) is 0.0500. The van der Waals surface area contributed by atoms with Crippen LogP contribution in [0.4, 0.5) is 11.4 Å². The number of amides is 1. The van der Waals surface area contributed by atoms with Gasteiger partial charge in [-0.3, -0.25) is 9.52 Å². The number of aryl methyl sites for hydroxylation is 1. The van der Waals surface area contributed by atoms with Gasteiger partial charge >= 0.3 is 0 Å². The zero-order valence-corrected chi connectivity index (χ0v) is 16.5. The van der Waals surface area contributed by atoms with Gasteiger partial charge in [-0.05, 0) is 31.2 Å². The molecule has 0 aliphatic heterocycles. The number of nitriles is 1. The number of anilines is 2. The lowest BCUT2D eigenvalue weighted by Gasteiger charge is -2.17. The van der Waals surface area contributed by atoms with Crippen molar-refractivity contribution in [2.45, 2.75) is 11.8 Å². The molecule has 0 fully saturated rings. The Kier molecular flexibility index (Phi) is 5.57. The monoisotopic (exact) mass is 424 g/mol. The van der Waals surface area contributed by atoms with E-state index >= 15 is 0 Å². The number of rotatable bonds is 6. The zero-order chi connectivity index (χ0) is 21.9. The Balaban J connectivity index is 2.32. The molecule has 152 valence electrons. The lowest BCUT2D eigenvalue weighted by atomic mass is 10.0. The Morgan fingerprint density at radius 2 is 2.03 bits per heavy atom. The third kappa shape index (κ3) is 3.87. The maximum absolute atomic E-state index is 13.2. The van der Waals surface area contributed by atoms with Crippen LogP contribution < -0.4 is 10.0 Å². The number of phenols is 1. The molecular formula is C20H16N4O5S. The molecule has 0 saturated carbocycles. The average molecular weight is 424 g/mol. The lowest BCUT2D eigenvalue weighted by molar-refractivity contribution is -0.111. The van der Waals surface area contributed by atoms with Gasteiger partial charge in [-0.2, -0.15) is 5.26 Å². The Labute approximate surface area is 172 Å². The van der Waals surface area contributed by atoms with Crippen LogP contribution in [0.1, 0.15) is 11.3 Å². The summed E-state index contributed by atoms with van der Waals surface area (Å²) in [5, 5.41) is 26.5. The second-order valence-corrected chi connectivity index (χ2v) is 7.72. The minimum atomic E-state index is -4.34. The van der Waals surface area contributed by atoms with Crippen LogP contribution >= 0.6 is 0 Å². The number of para-hydroxylation sites is 1. The van der Waals surface area contributed by atoms with Gasteiger partial charge < -0.3 is 14.9 Å². The molecule has 10 heteroatoms. The second kappa shape index (κ2) is 8.10. The van der Waals surface area contributed by atoms with Crippen molar-refractivity contribution in [3.8, 4) is 22.9 Å². The van der Waals surface area contributed by atoms with Crippen LogP contribution in [0.25, 0.3) is 11.1 Å². The third-order valence-corrected chi connectivity index (χ3v) is 5.60. The molecule has 0 unspecified atom stereocenters. The van der Waals surface area contributed by atoms with Gasteiger partial charge in [-0.1, -0.05) is 29.9 Å². The standard InChI is InChI=1S/C20H16N4O5S/c1-3-17(25)23-16-9-13(10-21)20(18(19(16)26)15-11-22-29-12(15)2)30(27,28)24-14-7-5-4-6-8-14/h3-9,11,24,26H,1H2,2H3,(H,23,25). The molecule has 30 heavy (non-hydrogen) atoms. The van der Waals surface area contributed by atoms with E-state index in [9.17, 15) is 23.6 Å². The summed E-state index contributed by atoms with van der Waals surface area (Å²) in [6.07, 6.45) is 2.18. The predicted octanol–water partition coefficient (Wildman–Crippen LogP) is 3.15. The molecule has 1 amide bonds. The minimum Gasteiger partial charge on any atom is -0.505 e. The van der Waals surface area contributed by atoms with Crippen LogP contribution in [0.3, 0.4) is 0 Å². The Hall–Kier alpha value is -4.10. The topological polar surface area (TPSA) is 145 Å². The van der Waals surface area contributed by atoms with Crippen molar-refractivity contribution in [2.24, 2.45) is 0 Å². The van der Waals surface area contributed by atoms with Crippen LogP contribution in [0.2, 0.25) is 0 Å². The number of phenolic OH excluding ortho intramolecular Hbond substituents is 1. The maximum atomic E-state index is 13.2. The fourth-order valence-electron chi connectivity index (χ4n) is 2.80. The first-order chi connectivity index (χ1) is 14.3. The smallest absolute Gasteiger partial charge is 0.263 e. The first kappa shape index (κ1) is 20.6. The van der Waals surface area contributed by atoms with Gasteiger partial charge in [0, 0.05) is 11.3 Å². The first-order valence-corrected chi connectivity index (χ1v) is 9.99. The van der Waals surface area contributed by atoms with E-state index in [1.165, 1.54) is 25.3 Å². The van der Waals surface area contributed by atoms with Crippen molar-refractivity contribution in [3.63, 3.8) is 0 Å². The van der Waals surface area contributed by atoms with Gasteiger partial charge in [-0.25, -0.2) is 8.42 Å². The van der Waals surface area contributed by atoms with Gasteiger partial charge in [0.2, 0.25) is 5.91 Å². The molecule has 3 aromatic rings. The zero-order valence-electron chi connectivity index (χ0n) is 15.7. The van der Waals surface area contributed by atoms with Crippen molar-refractivity contribution in [3.05, 3.63) is 66.6 Å². The fourth-order valence-corrected chi connectivity index (χ4v) is 4.22. The van der Waals surface area contributed by atoms with Gasteiger partial charge in [0.1, 0.15) is 22.5 Å². The van der Waals surface area contributed by atoms with E-state index in [2.05, 4.69) is 21.8 Å². The highest BCUT2D eigenvalue weighted by Gasteiger charge is 2.31. The highest BCUT2D eigenvalue weighted by Crippen LogP contribution is 2.44. The molecule has 0 saturated heterocycles. The summed E-state index contributed by atoms with van der Waals surface area (Å²) in [5.74, 6) is -1.01. The SMILES string of the molecule is C=CC(=O)Nc1cc(C#N)c(S(=O)(=O)Nc2ccccc2)c(-c2cnoc2C)c1O. The summed E-state index contributed by atoms with van der Waals surface area (Å²) < 4.78 is 33.8. The van der Waals surface area contributed by atoms with Crippen LogP contribution in [0.15, 0.2) is 64.7 Å². The van der Waals surface area contributed by atoms with Crippen molar-refractivity contribution in [1.29, 1.82) is 5.26 Å². The minimum absolute atomic E-state index is 0.145. The number of hydrogen-bond donors (Lipinski definition) is 3. The molecule has 0 aliphatic carbocycles. The van der Waals surface area contributed by atoms with E-state index in [1.54, 1.807) is 18.2 Å². The molecule has 0 radical (unpaired) electrons. The van der Waals surface area contributed by atoms with Gasteiger partial charge in [0.15, 0.2) is 0 Å². The molecule has 0 bridgehead atoms. The van der Waals surface area contributed by atoms with Gasteiger partial charge in [0.05, 0.1) is 23.0 Å². The molecule has 0 atom stereocenters. The largest absolute Gasteiger partial charge is 0.505 e. The highest BCUT2D eigenvalue weighted by atomic mass is 32.2. The van der Waals surface area contributed by atoms with Gasteiger partial charge in [0.25, 0.3) is 10.0 Å². The van der Waals surface area contributed by atoms with E-state index < -0.39 is 26.6 Å². The average Bonchev–Trinajstić information content (AvgIpc) is 3.14. The summed E-state index contributed by atoms with van der Waals surface area (Å²) in [5.41, 5.74) is -0.280. The van der Waals surface area contributed by atoms with Crippen LogP contribution in [0, 0.1) is 18.3 Å². The Morgan fingerprint density at radius 1 is 1.33 bits per heavy atom. The lowest BCUT2D eigenvalue weighted by Crippen LogP contribution is -2.17. The first-order valence-electron chi connectivity index (χ1n) is 8.51. The van der Waals surface area contributed by atoms with Crippen LogP contribution in [-0.4, -0.2) is 24.6 Å². The van der Waals surface area contributed by atoms with Crippen LogP contribution in [0.5, 0.6) is 5.75 Å². The molecule has 3 rings (SSSR count). The number of carbonyl (C=O) groups excluding carboxylic acids is 1. The van der Waals surface area contributed by atoms with Crippen molar-refractivity contribution in [2.75, 3.05) is 10.0 Å². The summed E-state index contributed by atoms with van der Waals surface area (Å²) >= 11 is 0. The number of hydrogen-bond acceptors (Lipinski definition) is 7. The molecule has 0 spiro atoms. The van der Waals surface area contributed by atoms with Crippen molar-refractivity contribution in [1.82, 2.24) is 5.16 Å². The molecule has 2 aromatic carbocycles. The van der Waals surface area contributed by atoms with E-state index in [0.717, 1.165) is 12.1 Å². The Bertz CT molecular complexity index is 1270. The molecular weight excluding hydrogens is 408 g/mol. The quantitative estimate of drug-likeness (QED) is 0.407. The normalized spacial score (nSPS) is 10.8. The van der Waals surface area contributed by atoms with E-state index in [4.69, 9.17) is 4.52 Å². The van der Waals surface area contributed by atoms with E-state index in [-0.39, 0.29) is 33.8 Å². The molecule has 3 N–H and O–H groups in total. The predicted molar refractivity (Wildman–Crippen MR) is 109 cm³/mol. The number of aromatic nitrogens is 1. The van der Waals surface area contributed by atoms with Crippen LogP contribution in [-0.2, 0) is 14.8 Å². The van der Waals surface area contributed by atoms with Crippen molar-refractivity contribution < 1.29 is 22.8 Å². The van der Waals surface area contributed by atoms with E-state index in [0.29, 0.717) is 0 Å². The molecule has 0 aliphatic rings. The number of benzene rings is 2. The summed E-state index contributed by atoms with van der Waals surface area (Å²) in [4.78, 5) is 11.3. The molecule has 9 nitrogen and oxygen atoms in total. The van der Waals surface area contributed by atoms with Gasteiger partial charge in [-0.15, -0.1) is 0 Å². The molecule has 1 heterocycles. The summed E-state index contributed by atoms with van der Waals surface area (Å²) in [7, 11) is -4.34. The maximum Gasteiger partial charge on any atom is 0.263 e. The second-order valence-electron chi connectivity index (χ2n) is 6.10. The number of carbonyl (C=O) groups is 1. The number of aromatic hydroxyl groups is 1. The number of sulfonamides is 1. The summed E-state index contributed by atoms with van der Waals surface area (Å²) in [6, 6.07) is 10.9. The highest BCUT2D eigenvalue weighted by molar-refractivity contribution is 7.93. The van der Waals surface area contributed by atoms with E-state index in [1.807, 2.05) is 6.07 Å². The summed E-state index contributed by atoms with van der Waals surface area (Å²) in [6.45, 7) is 4.85.